The minimum atomic E-state index is -4.34. The van der Waals surface area contributed by atoms with E-state index in [9.17, 15) is 13.2 Å². The number of nitrogens with one attached hydrogen (secondary N) is 2. The van der Waals surface area contributed by atoms with Crippen molar-refractivity contribution >= 4 is 28.1 Å². The molecule has 0 atom stereocenters. The Kier molecular flexibility index (Phi) is 5.91. The molecule has 1 aliphatic heterocycles. The van der Waals surface area contributed by atoms with E-state index in [1.165, 1.54) is 17.8 Å². The van der Waals surface area contributed by atoms with Gasteiger partial charge in [0.1, 0.15) is 0 Å². The van der Waals surface area contributed by atoms with Crippen LogP contribution in [0.2, 0.25) is 0 Å². The minimum absolute atomic E-state index is 0.653. The van der Waals surface area contributed by atoms with E-state index in [0.717, 1.165) is 72.6 Å². The van der Waals surface area contributed by atoms with E-state index in [-0.39, 0.29) is 0 Å². The number of nitrogens with zero attached hydrogens (tertiary/aromatic N) is 3. The molecule has 4 aromatic rings. The van der Waals surface area contributed by atoms with Gasteiger partial charge in [0, 0.05) is 42.9 Å². The second-order valence-corrected chi connectivity index (χ2v) is 8.50. The molecule has 1 saturated heterocycles. The topological polar surface area (TPSA) is 47.2 Å². The Morgan fingerprint density at radius 2 is 1.56 bits per heavy atom. The van der Waals surface area contributed by atoms with Crippen LogP contribution in [-0.2, 0) is 6.18 Å². The van der Waals surface area contributed by atoms with Gasteiger partial charge in [-0.25, -0.2) is 0 Å². The molecule has 1 aromatic heterocycles. The zero-order valence-electron chi connectivity index (χ0n) is 18.9. The number of halogens is 3. The molecule has 0 saturated carbocycles. The minimum Gasteiger partial charge on any atom is -0.369 e. The number of benzene rings is 3. The molecule has 0 unspecified atom stereocenters. The summed E-state index contributed by atoms with van der Waals surface area (Å²) in [4.78, 5) is 4.86. The zero-order valence-corrected chi connectivity index (χ0v) is 18.9. The molecule has 0 radical (unpaired) electrons. The fraction of sp³-hybridized carbons (Fsp3) is 0.269. The van der Waals surface area contributed by atoms with Crippen molar-refractivity contribution in [2.75, 3.05) is 42.9 Å². The lowest BCUT2D eigenvalue weighted by Gasteiger charge is -2.35. The molecule has 0 amide bonds. The molecule has 1 fully saturated rings. The molecule has 5 rings (SSSR count). The fourth-order valence-corrected chi connectivity index (χ4v) is 4.36. The van der Waals surface area contributed by atoms with E-state index < -0.39 is 11.7 Å². The maximum Gasteiger partial charge on any atom is 0.416 e. The fourth-order valence-electron chi connectivity index (χ4n) is 4.36. The Balaban J connectivity index is 1.29. The predicted molar refractivity (Wildman–Crippen MR) is 131 cm³/mol. The smallest absolute Gasteiger partial charge is 0.369 e. The highest BCUT2D eigenvalue weighted by Crippen LogP contribution is 2.33. The first kappa shape index (κ1) is 22.3. The van der Waals surface area contributed by atoms with E-state index in [2.05, 4.69) is 56.5 Å². The van der Waals surface area contributed by atoms with E-state index >= 15 is 0 Å². The largest absolute Gasteiger partial charge is 0.416 e. The highest BCUT2D eigenvalue weighted by molar-refractivity contribution is 5.94. The van der Waals surface area contributed by atoms with Crippen LogP contribution in [0.1, 0.15) is 12.5 Å². The molecule has 1 aliphatic rings. The standard InChI is InChI=1S/C26H26F3N5/c1-2-33-13-15-34(16-14-33)22-10-8-21(9-11-22)30-25-23-12-5-19(17-24(23)31-32-25)18-3-6-20(7-4-18)26(27,28)29/h3-12,17H,2,13-16H2,1H3,(H2,30,31,32). The third-order valence-electron chi connectivity index (χ3n) is 6.42. The average molecular weight is 466 g/mol. The lowest BCUT2D eigenvalue weighted by molar-refractivity contribution is -0.137. The van der Waals surface area contributed by atoms with Crippen molar-refractivity contribution in [1.29, 1.82) is 0 Å². The van der Waals surface area contributed by atoms with Gasteiger partial charge < -0.3 is 15.1 Å². The molecule has 0 aliphatic carbocycles. The van der Waals surface area contributed by atoms with Crippen LogP contribution >= 0.6 is 0 Å². The molecule has 5 nitrogen and oxygen atoms in total. The number of aromatic amines is 1. The summed E-state index contributed by atoms with van der Waals surface area (Å²) in [6.07, 6.45) is -4.34. The van der Waals surface area contributed by atoms with Crippen LogP contribution < -0.4 is 10.2 Å². The monoisotopic (exact) mass is 465 g/mol. The number of fused-ring (bicyclic) bond motifs is 1. The van der Waals surface area contributed by atoms with Crippen molar-refractivity contribution in [2.24, 2.45) is 0 Å². The van der Waals surface area contributed by atoms with E-state index in [1.807, 2.05) is 18.2 Å². The molecule has 34 heavy (non-hydrogen) atoms. The Morgan fingerprint density at radius 1 is 0.882 bits per heavy atom. The van der Waals surface area contributed by atoms with Crippen LogP contribution in [-0.4, -0.2) is 47.8 Å². The molecule has 2 heterocycles. The molecule has 3 aromatic carbocycles. The van der Waals surface area contributed by atoms with Crippen LogP contribution in [0, 0.1) is 0 Å². The third-order valence-corrected chi connectivity index (χ3v) is 6.42. The summed E-state index contributed by atoms with van der Waals surface area (Å²) in [5.41, 5.74) is 3.86. The van der Waals surface area contributed by atoms with Crippen molar-refractivity contribution in [2.45, 2.75) is 13.1 Å². The normalized spacial score (nSPS) is 15.1. The van der Waals surface area contributed by atoms with Gasteiger partial charge in [0.25, 0.3) is 0 Å². The number of anilines is 3. The first-order chi connectivity index (χ1) is 16.4. The molecule has 2 N–H and O–H groups in total. The van der Waals surface area contributed by atoms with Crippen LogP contribution in [0.3, 0.4) is 0 Å². The summed E-state index contributed by atoms with van der Waals surface area (Å²) in [5.74, 6) is 0.707. The van der Waals surface area contributed by atoms with Gasteiger partial charge in [-0.2, -0.15) is 18.3 Å². The van der Waals surface area contributed by atoms with Crippen molar-refractivity contribution in [3.8, 4) is 11.1 Å². The number of piperazine rings is 1. The van der Waals surface area contributed by atoms with Gasteiger partial charge >= 0.3 is 6.18 Å². The number of H-pyrrole nitrogens is 1. The van der Waals surface area contributed by atoms with Gasteiger partial charge in [-0.3, -0.25) is 5.10 Å². The first-order valence-electron chi connectivity index (χ1n) is 11.4. The van der Waals surface area contributed by atoms with Gasteiger partial charge in [-0.1, -0.05) is 25.1 Å². The second-order valence-electron chi connectivity index (χ2n) is 8.50. The Bertz CT molecular complexity index is 1250. The maximum absolute atomic E-state index is 12.8. The van der Waals surface area contributed by atoms with Crippen molar-refractivity contribution in [3.63, 3.8) is 0 Å². The van der Waals surface area contributed by atoms with E-state index in [0.29, 0.717) is 5.82 Å². The van der Waals surface area contributed by atoms with Crippen LogP contribution in [0.25, 0.3) is 22.0 Å². The molecule has 176 valence electrons. The summed E-state index contributed by atoms with van der Waals surface area (Å²) in [6, 6.07) is 19.3. The maximum atomic E-state index is 12.8. The van der Waals surface area contributed by atoms with Gasteiger partial charge in [0.2, 0.25) is 0 Å². The highest BCUT2D eigenvalue weighted by Gasteiger charge is 2.30. The number of rotatable bonds is 5. The molecular formula is C26H26F3N5. The zero-order chi connectivity index (χ0) is 23.7. The van der Waals surface area contributed by atoms with Crippen molar-refractivity contribution in [1.82, 2.24) is 15.1 Å². The van der Waals surface area contributed by atoms with Gasteiger partial charge in [0.05, 0.1) is 11.1 Å². The van der Waals surface area contributed by atoms with Crippen molar-refractivity contribution in [3.05, 3.63) is 72.3 Å². The lowest BCUT2D eigenvalue weighted by atomic mass is 10.0. The quantitative estimate of drug-likeness (QED) is 0.372. The molecule has 0 spiro atoms. The van der Waals surface area contributed by atoms with Gasteiger partial charge in [0.15, 0.2) is 5.82 Å². The Morgan fingerprint density at radius 3 is 2.21 bits per heavy atom. The summed E-state index contributed by atoms with van der Waals surface area (Å²) >= 11 is 0. The number of alkyl halides is 3. The number of hydrogen-bond donors (Lipinski definition) is 2. The summed E-state index contributed by atoms with van der Waals surface area (Å²) in [6.45, 7) is 7.54. The number of hydrogen-bond acceptors (Lipinski definition) is 4. The van der Waals surface area contributed by atoms with E-state index in [1.54, 1.807) is 0 Å². The van der Waals surface area contributed by atoms with Crippen LogP contribution in [0.4, 0.5) is 30.4 Å². The molecule has 0 bridgehead atoms. The third kappa shape index (κ3) is 4.59. The first-order valence-corrected chi connectivity index (χ1v) is 11.4. The second kappa shape index (κ2) is 9.02. The van der Waals surface area contributed by atoms with Crippen LogP contribution in [0.15, 0.2) is 66.7 Å². The SMILES string of the molecule is CCN1CCN(c2ccc(Nc3n[nH]c4cc(-c5ccc(C(F)(F)F)cc5)ccc34)cc2)CC1. The predicted octanol–water partition coefficient (Wildman–Crippen LogP) is 6.13. The number of aromatic nitrogens is 2. The average Bonchev–Trinajstić information content (AvgIpc) is 3.26. The Labute approximate surface area is 196 Å². The lowest BCUT2D eigenvalue weighted by Crippen LogP contribution is -2.46. The Hall–Kier alpha value is -3.52. The summed E-state index contributed by atoms with van der Waals surface area (Å²) < 4.78 is 38.5. The molecular weight excluding hydrogens is 439 g/mol. The van der Waals surface area contributed by atoms with E-state index in [4.69, 9.17) is 0 Å². The van der Waals surface area contributed by atoms with Gasteiger partial charge in [-0.05, 0) is 66.2 Å². The van der Waals surface area contributed by atoms with Crippen LogP contribution in [0.5, 0.6) is 0 Å². The summed E-state index contributed by atoms with van der Waals surface area (Å²) in [5, 5.41) is 11.7. The molecule has 8 heteroatoms. The summed E-state index contributed by atoms with van der Waals surface area (Å²) in [7, 11) is 0. The van der Waals surface area contributed by atoms with Gasteiger partial charge in [-0.15, -0.1) is 0 Å². The number of likely N-dealkylation sites (N-methyl/N-ethyl adjacent to an activating group) is 1. The van der Waals surface area contributed by atoms with Crippen molar-refractivity contribution < 1.29 is 13.2 Å². The highest BCUT2D eigenvalue weighted by atomic mass is 19.4.